The topological polar surface area (TPSA) is 40.6 Å². The molecule has 3 nitrogen and oxygen atoms in total. The fourth-order valence-electron chi connectivity index (χ4n) is 5.64. The van der Waals surface area contributed by atoms with Crippen LogP contribution >= 0.6 is 11.3 Å². The Bertz CT molecular complexity index is 2100. The van der Waals surface area contributed by atoms with Crippen molar-refractivity contribution >= 4 is 75.8 Å². The molecule has 3 aromatic heterocycles. The Morgan fingerprint density at radius 3 is 2.44 bits per heavy atom. The summed E-state index contributed by atoms with van der Waals surface area (Å²) in [5.74, 6) is 0. The second kappa shape index (κ2) is 7.23. The van der Waals surface area contributed by atoms with Gasteiger partial charge in [0.25, 0.3) is 0 Å². The summed E-state index contributed by atoms with van der Waals surface area (Å²) >= 11 is 1.86. The van der Waals surface area contributed by atoms with E-state index in [-0.39, 0.29) is 0 Å². The molecule has 4 aromatic carbocycles. The van der Waals surface area contributed by atoms with E-state index in [1.165, 1.54) is 58.5 Å². The van der Waals surface area contributed by atoms with Gasteiger partial charge in [0, 0.05) is 42.5 Å². The summed E-state index contributed by atoms with van der Waals surface area (Å²) in [6, 6.07) is 28.2. The van der Waals surface area contributed by atoms with Crippen molar-refractivity contribution in [2.75, 3.05) is 0 Å². The molecule has 0 bridgehead atoms. The van der Waals surface area contributed by atoms with E-state index < -0.39 is 0 Å². The smallest absolute Gasteiger partial charge is 0.0904 e. The van der Waals surface area contributed by atoms with Gasteiger partial charge in [-0.15, -0.1) is 11.3 Å². The maximum Gasteiger partial charge on any atom is 0.0904 e. The van der Waals surface area contributed by atoms with Gasteiger partial charge in [0.1, 0.15) is 0 Å². The lowest BCUT2D eigenvalue weighted by molar-refractivity contribution is 1.30. The number of nitrogens with one attached hydrogen (secondary N) is 1. The first-order valence-electron chi connectivity index (χ1n) is 12.0. The third kappa shape index (κ3) is 2.62. The molecule has 0 saturated carbocycles. The number of aromatic nitrogens is 1. The van der Waals surface area contributed by atoms with Crippen LogP contribution in [-0.4, -0.2) is 15.8 Å². The summed E-state index contributed by atoms with van der Waals surface area (Å²) in [5.41, 5.74) is 6.92. The highest BCUT2D eigenvalue weighted by molar-refractivity contribution is 7.26. The highest BCUT2D eigenvalue weighted by Crippen LogP contribution is 2.49. The fourth-order valence-corrected chi connectivity index (χ4v) is 6.92. The zero-order valence-corrected chi connectivity index (χ0v) is 20.0. The van der Waals surface area contributed by atoms with Gasteiger partial charge in [0.05, 0.1) is 28.1 Å². The molecule has 168 valence electrons. The van der Waals surface area contributed by atoms with Gasteiger partial charge in [-0.05, 0) is 35.4 Å². The van der Waals surface area contributed by atoms with Crippen molar-refractivity contribution in [1.82, 2.24) is 4.40 Å². The van der Waals surface area contributed by atoms with Crippen molar-refractivity contribution in [1.29, 1.82) is 5.41 Å². The molecule has 1 N–H and O–H groups in total. The number of allylic oxidation sites excluding steroid dienone is 4. The molecule has 1 aliphatic rings. The van der Waals surface area contributed by atoms with Crippen molar-refractivity contribution in [2.45, 2.75) is 0 Å². The maximum atomic E-state index is 8.40. The second-order valence-corrected chi connectivity index (χ2v) is 10.3. The molecule has 8 rings (SSSR count). The van der Waals surface area contributed by atoms with Crippen LogP contribution in [0.3, 0.4) is 0 Å². The number of hydrogen-bond donors (Lipinski definition) is 1. The molecule has 0 saturated heterocycles. The fraction of sp³-hybridized carbons (Fsp3) is 0. The first-order valence-corrected chi connectivity index (χ1v) is 12.8. The van der Waals surface area contributed by atoms with Crippen molar-refractivity contribution in [3.63, 3.8) is 0 Å². The van der Waals surface area contributed by atoms with Crippen LogP contribution in [0.15, 0.2) is 114 Å². The zero-order valence-electron chi connectivity index (χ0n) is 19.2. The van der Waals surface area contributed by atoms with E-state index in [1.54, 1.807) is 6.08 Å². The summed E-state index contributed by atoms with van der Waals surface area (Å²) in [4.78, 5) is 5.05. The standard InChI is InChI=1S/C32H19N3S/c33-24-14-5-6-15-25(24)34-26-18-35-27-16-7-4-11-21(27)23-17-28-29(30(26)31(23)35)22-13-8-12-20(32(22)36-28)19-9-2-1-3-10-19/h1-18,33H. The monoisotopic (exact) mass is 477 g/mol. The largest absolute Gasteiger partial charge is 0.313 e. The molecule has 0 fully saturated rings. The van der Waals surface area contributed by atoms with Gasteiger partial charge >= 0.3 is 0 Å². The predicted molar refractivity (Wildman–Crippen MR) is 155 cm³/mol. The van der Waals surface area contributed by atoms with Crippen molar-refractivity contribution in [3.05, 3.63) is 109 Å². The molecule has 36 heavy (non-hydrogen) atoms. The van der Waals surface area contributed by atoms with Crippen LogP contribution in [-0.2, 0) is 0 Å². The van der Waals surface area contributed by atoms with Crippen molar-refractivity contribution in [2.24, 2.45) is 4.99 Å². The molecule has 0 amide bonds. The van der Waals surface area contributed by atoms with E-state index in [0.29, 0.717) is 11.4 Å². The first-order chi connectivity index (χ1) is 17.8. The van der Waals surface area contributed by atoms with Crippen LogP contribution < -0.4 is 0 Å². The number of para-hydroxylation sites is 1. The van der Waals surface area contributed by atoms with Gasteiger partial charge in [-0.25, -0.2) is 4.99 Å². The van der Waals surface area contributed by atoms with E-state index in [9.17, 15) is 0 Å². The van der Waals surface area contributed by atoms with E-state index in [4.69, 9.17) is 10.4 Å². The van der Waals surface area contributed by atoms with E-state index >= 15 is 0 Å². The Labute approximate surface area is 210 Å². The lowest BCUT2D eigenvalue weighted by Crippen LogP contribution is -2.08. The van der Waals surface area contributed by atoms with Gasteiger partial charge in [-0.1, -0.05) is 78.9 Å². The lowest BCUT2D eigenvalue weighted by atomic mass is 10.00. The molecule has 7 aromatic rings. The van der Waals surface area contributed by atoms with E-state index in [0.717, 1.165) is 5.69 Å². The number of nitrogens with zero attached hydrogens (tertiary/aromatic N) is 2. The number of hydrogen-bond acceptors (Lipinski definition) is 3. The number of aliphatic imine (C=N–C) groups is 1. The summed E-state index contributed by atoms with van der Waals surface area (Å²) in [6.07, 6.45) is 9.70. The maximum absolute atomic E-state index is 8.40. The Morgan fingerprint density at radius 2 is 1.56 bits per heavy atom. The minimum atomic E-state index is 0.435. The lowest BCUT2D eigenvalue weighted by Gasteiger charge is -2.05. The number of rotatable bonds is 2. The summed E-state index contributed by atoms with van der Waals surface area (Å²) in [7, 11) is 0. The molecular weight excluding hydrogens is 458 g/mol. The van der Waals surface area contributed by atoms with Crippen molar-refractivity contribution in [3.8, 4) is 11.1 Å². The average Bonchev–Trinajstić information content (AvgIpc) is 3.57. The van der Waals surface area contributed by atoms with Gasteiger partial charge in [0.15, 0.2) is 0 Å². The first kappa shape index (κ1) is 19.7. The van der Waals surface area contributed by atoms with Crippen molar-refractivity contribution < 1.29 is 0 Å². The number of fused-ring (bicyclic) bond motifs is 7. The van der Waals surface area contributed by atoms with Gasteiger partial charge < -0.3 is 4.40 Å². The van der Waals surface area contributed by atoms with Crippen LogP contribution in [0.25, 0.3) is 58.5 Å². The summed E-state index contributed by atoms with van der Waals surface area (Å²) in [6.45, 7) is 0. The van der Waals surface area contributed by atoms with Crippen LogP contribution in [0.2, 0.25) is 0 Å². The Kier molecular flexibility index (Phi) is 3.96. The molecular formula is C32H19N3S. The van der Waals surface area contributed by atoms with Gasteiger partial charge in [0.2, 0.25) is 0 Å². The quantitative estimate of drug-likeness (QED) is 0.242. The molecule has 0 spiro atoms. The summed E-state index contributed by atoms with van der Waals surface area (Å²) < 4.78 is 4.85. The molecule has 4 heteroatoms. The van der Waals surface area contributed by atoms with E-state index in [2.05, 4.69) is 89.5 Å². The second-order valence-electron chi connectivity index (χ2n) is 9.20. The zero-order chi connectivity index (χ0) is 23.8. The minimum Gasteiger partial charge on any atom is -0.313 e. The average molecular weight is 478 g/mol. The predicted octanol–water partition coefficient (Wildman–Crippen LogP) is 8.94. The Balaban J connectivity index is 1.56. The van der Waals surface area contributed by atoms with E-state index in [1.807, 2.05) is 29.6 Å². The molecule has 1 aliphatic carbocycles. The highest BCUT2D eigenvalue weighted by atomic mass is 32.1. The third-order valence-electron chi connectivity index (χ3n) is 7.19. The van der Waals surface area contributed by atoms with Crippen LogP contribution in [0, 0.1) is 5.41 Å². The molecule has 0 aliphatic heterocycles. The minimum absolute atomic E-state index is 0.435. The van der Waals surface area contributed by atoms with Gasteiger partial charge in [-0.3, -0.25) is 5.41 Å². The SMILES string of the molecule is N=C1C=CC=CC1=Nc1cn2c3ccccc3c3cc4sc5c(-c6ccccc6)cccc5c4c1c32. The van der Waals surface area contributed by atoms with Crippen LogP contribution in [0.4, 0.5) is 5.69 Å². The number of thiophene rings is 1. The third-order valence-corrected chi connectivity index (χ3v) is 8.38. The molecule has 0 unspecified atom stereocenters. The highest BCUT2D eigenvalue weighted by Gasteiger charge is 2.22. The Morgan fingerprint density at radius 1 is 0.750 bits per heavy atom. The molecule has 0 radical (unpaired) electrons. The van der Waals surface area contributed by atoms with Gasteiger partial charge in [-0.2, -0.15) is 0 Å². The Hall–Kier alpha value is -4.54. The normalized spacial score (nSPS) is 15.1. The van der Waals surface area contributed by atoms with Crippen LogP contribution in [0.1, 0.15) is 0 Å². The summed E-state index contributed by atoms with van der Waals surface area (Å²) in [5, 5.41) is 14.6. The molecule has 3 heterocycles. The molecule has 0 atom stereocenters. The van der Waals surface area contributed by atoms with Crippen LogP contribution in [0.5, 0.6) is 0 Å². The number of benzene rings is 4.